The number of anilines is 1. The highest BCUT2D eigenvalue weighted by Crippen LogP contribution is 2.27. The van der Waals surface area contributed by atoms with Crippen molar-refractivity contribution in [2.75, 3.05) is 18.1 Å². The molecule has 104 valence electrons. The van der Waals surface area contributed by atoms with Crippen LogP contribution in [-0.2, 0) is 4.79 Å². The number of carbonyl (C=O) groups is 1. The van der Waals surface area contributed by atoms with Crippen LogP contribution in [0, 0.1) is 5.92 Å². The number of ether oxygens (including phenoxy) is 1. The summed E-state index contributed by atoms with van der Waals surface area (Å²) in [6.45, 7) is 5.15. The average Bonchev–Trinajstić information content (AvgIpc) is 2.39. The molecule has 0 bridgehead atoms. The van der Waals surface area contributed by atoms with Gasteiger partial charge < -0.3 is 14.7 Å². The van der Waals surface area contributed by atoms with Crippen LogP contribution in [0.1, 0.15) is 26.7 Å². The molecule has 0 saturated carbocycles. The molecule has 1 aliphatic rings. The SMILES string of the molecule is CCOc1cncc(N2CCC(C)CC2C(=O)O)n1. The van der Waals surface area contributed by atoms with Gasteiger partial charge >= 0.3 is 5.97 Å². The number of hydrogen-bond acceptors (Lipinski definition) is 5. The smallest absolute Gasteiger partial charge is 0.326 e. The number of aromatic nitrogens is 2. The topological polar surface area (TPSA) is 75.5 Å². The van der Waals surface area contributed by atoms with E-state index in [1.807, 2.05) is 6.92 Å². The van der Waals surface area contributed by atoms with Crippen LogP contribution in [-0.4, -0.2) is 40.2 Å². The first kappa shape index (κ1) is 13.6. The molecule has 0 aliphatic carbocycles. The van der Waals surface area contributed by atoms with Gasteiger partial charge in [0, 0.05) is 6.54 Å². The van der Waals surface area contributed by atoms with Crippen molar-refractivity contribution in [3.63, 3.8) is 0 Å². The van der Waals surface area contributed by atoms with Gasteiger partial charge in [0.15, 0.2) is 5.82 Å². The number of carboxylic acids is 1. The molecule has 0 amide bonds. The summed E-state index contributed by atoms with van der Waals surface area (Å²) in [6, 6.07) is -0.532. The highest BCUT2D eigenvalue weighted by molar-refractivity contribution is 5.78. The maximum Gasteiger partial charge on any atom is 0.326 e. The van der Waals surface area contributed by atoms with Crippen molar-refractivity contribution in [1.29, 1.82) is 0 Å². The van der Waals surface area contributed by atoms with E-state index in [0.717, 1.165) is 6.42 Å². The standard InChI is InChI=1S/C13H19N3O3/c1-3-19-12-8-14-7-11(15-12)16-5-4-9(2)6-10(16)13(17)18/h7-10H,3-6H2,1-2H3,(H,17,18). The van der Waals surface area contributed by atoms with Gasteiger partial charge in [-0.25, -0.2) is 4.79 Å². The van der Waals surface area contributed by atoms with Crippen LogP contribution < -0.4 is 9.64 Å². The van der Waals surface area contributed by atoms with Crippen LogP contribution >= 0.6 is 0 Å². The Labute approximate surface area is 112 Å². The summed E-state index contributed by atoms with van der Waals surface area (Å²) in [5, 5.41) is 9.34. The maximum absolute atomic E-state index is 11.4. The molecular weight excluding hydrogens is 246 g/mol. The maximum atomic E-state index is 11.4. The van der Waals surface area contributed by atoms with Crippen LogP contribution in [0.25, 0.3) is 0 Å². The van der Waals surface area contributed by atoms with E-state index in [1.165, 1.54) is 6.20 Å². The number of piperidine rings is 1. The van der Waals surface area contributed by atoms with Gasteiger partial charge in [0.05, 0.1) is 19.0 Å². The van der Waals surface area contributed by atoms with Gasteiger partial charge in [-0.1, -0.05) is 6.92 Å². The fourth-order valence-electron chi connectivity index (χ4n) is 2.34. The quantitative estimate of drug-likeness (QED) is 0.890. The molecule has 2 unspecified atom stereocenters. The second kappa shape index (κ2) is 5.86. The molecule has 1 fully saturated rings. The number of aliphatic carboxylic acids is 1. The second-order valence-electron chi connectivity index (χ2n) is 4.83. The largest absolute Gasteiger partial charge is 0.480 e. The van der Waals surface area contributed by atoms with Crippen molar-refractivity contribution >= 4 is 11.8 Å². The molecule has 1 aliphatic heterocycles. The zero-order chi connectivity index (χ0) is 13.8. The third-order valence-corrected chi connectivity index (χ3v) is 3.34. The Morgan fingerprint density at radius 1 is 1.58 bits per heavy atom. The first-order chi connectivity index (χ1) is 9.11. The summed E-state index contributed by atoms with van der Waals surface area (Å²) in [5.74, 6) is 0.614. The van der Waals surface area contributed by atoms with Gasteiger partial charge in [-0.3, -0.25) is 4.98 Å². The first-order valence-corrected chi connectivity index (χ1v) is 6.56. The van der Waals surface area contributed by atoms with Gasteiger partial charge in [0.1, 0.15) is 6.04 Å². The number of nitrogens with zero attached hydrogens (tertiary/aromatic N) is 3. The number of hydrogen-bond donors (Lipinski definition) is 1. The van der Waals surface area contributed by atoms with Crippen LogP contribution in [0.5, 0.6) is 5.88 Å². The van der Waals surface area contributed by atoms with E-state index in [9.17, 15) is 9.90 Å². The normalized spacial score (nSPS) is 23.2. The highest BCUT2D eigenvalue weighted by Gasteiger charge is 2.32. The lowest BCUT2D eigenvalue weighted by Gasteiger charge is -2.36. The lowest BCUT2D eigenvalue weighted by Crippen LogP contribution is -2.47. The summed E-state index contributed by atoms with van der Waals surface area (Å²) in [5.41, 5.74) is 0. The van der Waals surface area contributed by atoms with E-state index < -0.39 is 12.0 Å². The van der Waals surface area contributed by atoms with Gasteiger partial charge in [-0.2, -0.15) is 4.98 Å². The molecule has 1 aromatic rings. The number of carboxylic acid groups (broad SMARTS) is 1. The minimum Gasteiger partial charge on any atom is -0.480 e. The molecular formula is C13H19N3O3. The lowest BCUT2D eigenvalue weighted by molar-refractivity contribution is -0.139. The first-order valence-electron chi connectivity index (χ1n) is 6.56. The third kappa shape index (κ3) is 3.13. The Kier molecular flexibility index (Phi) is 4.19. The minimum absolute atomic E-state index is 0.417. The van der Waals surface area contributed by atoms with Crippen molar-refractivity contribution in [2.45, 2.75) is 32.7 Å². The fourth-order valence-corrected chi connectivity index (χ4v) is 2.34. The Bertz CT molecular complexity index is 453. The van der Waals surface area contributed by atoms with Crippen LogP contribution in [0.2, 0.25) is 0 Å². The van der Waals surface area contributed by atoms with Crippen LogP contribution in [0.4, 0.5) is 5.82 Å². The molecule has 19 heavy (non-hydrogen) atoms. The van der Waals surface area contributed by atoms with Crippen LogP contribution in [0.15, 0.2) is 12.4 Å². The molecule has 6 nitrogen and oxygen atoms in total. The summed E-state index contributed by atoms with van der Waals surface area (Å²) in [6.07, 6.45) is 4.73. The van der Waals surface area contributed by atoms with Gasteiger partial charge in [-0.05, 0) is 25.7 Å². The van der Waals surface area contributed by atoms with Crippen molar-refractivity contribution < 1.29 is 14.6 Å². The average molecular weight is 265 g/mol. The summed E-state index contributed by atoms with van der Waals surface area (Å²) < 4.78 is 5.31. The van der Waals surface area contributed by atoms with Crippen molar-refractivity contribution in [3.8, 4) is 5.88 Å². The highest BCUT2D eigenvalue weighted by atomic mass is 16.5. The van der Waals surface area contributed by atoms with E-state index >= 15 is 0 Å². The molecule has 2 atom stereocenters. The minimum atomic E-state index is -0.810. The zero-order valence-electron chi connectivity index (χ0n) is 11.2. The Balaban J connectivity index is 2.23. The number of rotatable bonds is 4. The second-order valence-corrected chi connectivity index (χ2v) is 4.83. The van der Waals surface area contributed by atoms with Crippen molar-refractivity contribution in [1.82, 2.24) is 9.97 Å². The Morgan fingerprint density at radius 2 is 2.37 bits per heavy atom. The van der Waals surface area contributed by atoms with Gasteiger partial charge in [0.2, 0.25) is 5.88 Å². The molecule has 0 radical (unpaired) electrons. The monoisotopic (exact) mass is 265 g/mol. The molecule has 0 aromatic carbocycles. The molecule has 2 rings (SSSR count). The predicted molar refractivity (Wildman–Crippen MR) is 70.4 cm³/mol. The Hall–Kier alpha value is -1.85. The Morgan fingerprint density at radius 3 is 3.05 bits per heavy atom. The van der Waals surface area contributed by atoms with Gasteiger partial charge in [0.25, 0.3) is 0 Å². The summed E-state index contributed by atoms with van der Waals surface area (Å²) in [4.78, 5) is 21.6. The molecule has 2 heterocycles. The summed E-state index contributed by atoms with van der Waals surface area (Å²) in [7, 11) is 0. The molecule has 1 aromatic heterocycles. The summed E-state index contributed by atoms with van der Waals surface area (Å²) >= 11 is 0. The lowest BCUT2D eigenvalue weighted by atomic mass is 9.92. The van der Waals surface area contributed by atoms with Crippen molar-refractivity contribution in [2.24, 2.45) is 5.92 Å². The molecule has 0 spiro atoms. The third-order valence-electron chi connectivity index (χ3n) is 3.34. The van der Waals surface area contributed by atoms with Crippen LogP contribution in [0.3, 0.4) is 0 Å². The van der Waals surface area contributed by atoms with E-state index in [4.69, 9.17) is 4.74 Å². The predicted octanol–water partition coefficient (Wildman–Crippen LogP) is 1.56. The molecule has 1 saturated heterocycles. The van der Waals surface area contributed by atoms with E-state index in [2.05, 4.69) is 16.9 Å². The van der Waals surface area contributed by atoms with Crippen molar-refractivity contribution in [3.05, 3.63) is 12.4 Å². The fraction of sp³-hybridized carbons (Fsp3) is 0.615. The van der Waals surface area contributed by atoms with Gasteiger partial charge in [-0.15, -0.1) is 0 Å². The molecule has 6 heteroatoms. The van der Waals surface area contributed by atoms with E-state index in [-0.39, 0.29) is 0 Å². The van der Waals surface area contributed by atoms with E-state index in [0.29, 0.717) is 37.2 Å². The molecule has 1 N–H and O–H groups in total. The zero-order valence-corrected chi connectivity index (χ0v) is 11.2. The van der Waals surface area contributed by atoms with E-state index in [1.54, 1.807) is 11.1 Å².